The molecule has 4 heteroatoms. The normalized spacial score (nSPS) is 10.5. The molecule has 0 heterocycles. The Hall–Kier alpha value is -2.88. The van der Waals surface area contributed by atoms with Gasteiger partial charge in [0.2, 0.25) is 0 Å². The van der Waals surface area contributed by atoms with Crippen molar-refractivity contribution in [1.29, 1.82) is 0 Å². The summed E-state index contributed by atoms with van der Waals surface area (Å²) in [5.41, 5.74) is 2.93. The van der Waals surface area contributed by atoms with Crippen molar-refractivity contribution in [3.8, 4) is 0 Å². The molecular formula is C17H15NO3. The second-order valence-electron chi connectivity index (χ2n) is 4.57. The fourth-order valence-corrected chi connectivity index (χ4v) is 1.88. The van der Waals surface area contributed by atoms with Gasteiger partial charge in [0.15, 0.2) is 0 Å². The van der Waals surface area contributed by atoms with E-state index in [1.807, 2.05) is 31.2 Å². The molecule has 0 aliphatic heterocycles. The van der Waals surface area contributed by atoms with Gasteiger partial charge in [-0.05, 0) is 48.4 Å². The first-order chi connectivity index (χ1) is 10.1. The molecule has 4 nitrogen and oxygen atoms in total. The molecule has 1 amide bonds. The monoisotopic (exact) mass is 281 g/mol. The number of carbonyl (C=O) groups excluding carboxylic acids is 1. The summed E-state index contributed by atoms with van der Waals surface area (Å²) in [6.45, 7) is 1.86. The van der Waals surface area contributed by atoms with Crippen LogP contribution in [0.25, 0.3) is 6.08 Å². The van der Waals surface area contributed by atoms with Gasteiger partial charge in [-0.15, -0.1) is 0 Å². The predicted octanol–water partition coefficient (Wildman–Crippen LogP) is 3.35. The van der Waals surface area contributed by atoms with Crippen molar-refractivity contribution in [2.75, 3.05) is 5.32 Å². The van der Waals surface area contributed by atoms with Crippen LogP contribution in [0.4, 0.5) is 5.69 Å². The first kappa shape index (κ1) is 14.5. The summed E-state index contributed by atoms with van der Waals surface area (Å²) in [6, 6.07) is 14.3. The highest BCUT2D eigenvalue weighted by Gasteiger charge is 2.07. The molecule has 0 unspecified atom stereocenters. The molecule has 106 valence electrons. The zero-order chi connectivity index (χ0) is 15.2. The average Bonchev–Trinajstić information content (AvgIpc) is 2.48. The Kier molecular flexibility index (Phi) is 4.51. The quantitative estimate of drug-likeness (QED) is 0.845. The summed E-state index contributed by atoms with van der Waals surface area (Å²) in [7, 11) is 0. The van der Waals surface area contributed by atoms with Crippen molar-refractivity contribution >= 4 is 23.6 Å². The lowest BCUT2D eigenvalue weighted by atomic mass is 10.1. The van der Waals surface area contributed by atoms with E-state index in [2.05, 4.69) is 5.32 Å². The molecule has 2 rings (SSSR count). The molecule has 0 fully saturated rings. The number of aliphatic carboxylic acids is 1. The van der Waals surface area contributed by atoms with Crippen LogP contribution in [0.3, 0.4) is 0 Å². The van der Waals surface area contributed by atoms with Gasteiger partial charge in [0.25, 0.3) is 5.91 Å². The van der Waals surface area contributed by atoms with Gasteiger partial charge < -0.3 is 10.4 Å². The van der Waals surface area contributed by atoms with E-state index in [1.165, 1.54) is 6.08 Å². The SMILES string of the molecule is Cc1cc(C=CC(=O)O)ccc1NC(=O)c1ccccc1. The molecule has 0 atom stereocenters. The van der Waals surface area contributed by atoms with Crippen molar-refractivity contribution < 1.29 is 14.7 Å². The van der Waals surface area contributed by atoms with Crippen LogP contribution in [0.5, 0.6) is 0 Å². The molecule has 0 radical (unpaired) electrons. The van der Waals surface area contributed by atoms with E-state index < -0.39 is 5.97 Å². The number of hydrogen-bond acceptors (Lipinski definition) is 2. The number of anilines is 1. The van der Waals surface area contributed by atoms with Crippen LogP contribution >= 0.6 is 0 Å². The van der Waals surface area contributed by atoms with E-state index in [9.17, 15) is 9.59 Å². The Bertz CT molecular complexity index is 690. The molecule has 0 aliphatic carbocycles. The van der Waals surface area contributed by atoms with Crippen LogP contribution in [0.2, 0.25) is 0 Å². The van der Waals surface area contributed by atoms with E-state index >= 15 is 0 Å². The third kappa shape index (κ3) is 4.04. The smallest absolute Gasteiger partial charge is 0.328 e. The fraction of sp³-hybridized carbons (Fsp3) is 0.0588. The van der Waals surface area contributed by atoms with Gasteiger partial charge in [0.1, 0.15) is 0 Å². The van der Waals surface area contributed by atoms with Gasteiger partial charge in [-0.1, -0.05) is 24.3 Å². The number of amides is 1. The molecule has 2 aromatic rings. The zero-order valence-electron chi connectivity index (χ0n) is 11.5. The fourth-order valence-electron chi connectivity index (χ4n) is 1.88. The topological polar surface area (TPSA) is 66.4 Å². The van der Waals surface area contributed by atoms with Crippen molar-refractivity contribution in [1.82, 2.24) is 0 Å². The number of aryl methyl sites for hydroxylation is 1. The van der Waals surface area contributed by atoms with E-state index in [0.29, 0.717) is 11.3 Å². The first-order valence-electron chi connectivity index (χ1n) is 6.44. The number of carboxylic acids is 1. The molecule has 2 N–H and O–H groups in total. The highest BCUT2D eigenvalue weighted by molar-refractivity contribution is 6.04. The second-order valence-corrected chi connectivity index (χ2v) is 4.57. The molecule has 0 aromatic heterocycles. The van der Waals surface area contributed by atoms with Gasteiger partial charge in [0, 0.05) is 17.3 Å². The molecular weight excluding hydrogens is 266 g/mol. The maximum Gasteiger partial charge on any atom is 0.328 e. The highest BCUT2D eigenvalue weighted by atomic mass is 16.4. The standard InChI is InChI=1S/C17H15NO3/c1-12-11-13(8-10-16(19)20)7-9-15(12)18-17(21)14-5-3-2-4-6-14/h2-11H,1H3,(H,18,21)(H,19,20). The number of hydrogen-bond donors (Lipinski definition) is 2. The van der Waals surface area contributed by atoms with Crippen LogP contribution in [0, 0.1) is 6.92 Å². The minimum atomic E-state index is -0.992. The van der Waals surface area contributed by atoms with Crippen LogP contribution in [-0.4, -0.2) is 17.0 Å². The Morgan fingerprint density at radius 2 is 1.81 bits per heavy atom. The van der Waals surface area contributed by atoms with Crippen LogP contribution in [-0.2, 0) is 4.79 Å². The molecule has 0 saturated heterocycles. The number of carboxylic acid groups (broad SMARTS) is 1. The molecule has 2 aromatic carbocycles. The minimum Gasteiger partial charge on any atom is -0.478 e. The van der Waals surface area contributed by atoms with E-state index in [0.717, 1.165) is 17.2 Å². The number of rotatable bonds is 4. The Labute approximate surface area is 122 Å². The van der Waals surface area contributed by atoms with Gasteiger partial charge >= 0.3 is 5.97 Å². The van der Waals surface area contributed by atoms with Crippen LogP contribution < -0.4 is 5.32 Å². The summed E-state index contributed by atoms with van der Waals surface area (Å²) in [5, 5.41) is 11.4. The number of benzene rings is 2. The van der Waals surface area contributed by atoms with E-state index in [1.54, 1.807) is 24.3 Å². The van der Waals surface area contributed by atoms with Gasteiger partial charge in [0.05, 0.1) is 0 Å². The largest absolute Gasteiger partial charge is 0.478 e. The summed E-state index contributed by atoms with van der Waals surface area (Å²) in [6.07, 6.45) is 2.59. The third-order valence-electron chi connectivity index (χ3n) is 2.95. The van der Waals surface area contributed by atoms with Gasteiger partial charge in [-0.2, -0.15) is 0 Å². The lowest BCUT2D eigenvalue weighted by Gasteiger charge is -2.09. The van der Waals surface area contributed by atoms with Crippen molar-refractivity contribution in [3.63, 3.8) is 0 Å². The van der Waals surface area contributed by atoms with Crippen LogP contribution in [0.1, 0.15) is 21.5 Å². The van der Waals surface area contributed by atoms with Gasteiger partial charge in [-0.25, -0.2) is 4.79 Å². The Morgan fingerprint density at radius 1 is 1.10 bits per heavy atom. The number of nitrogens with one attached hydrogen (secondary N) is 1. The molecule has 0 bridgehead atoms. The van der Waals surface area contributed by atoms with Crippen molar-refractivity contribution in [2.24, 2.45) is 0 Å². The van der Waals surface area contributed by atoms with E-state index in [-0.39, 0.29) is 5.91 Å². The molecule has 0 spiro atoms. The second kappa shape index (κ2) is 6.52. The summed E-state index contributed by atoms with van der Waals surface area (Å²) in [4.78, 5) is 22.5. The lowest BCUT2D eigenvalue weighted by Crippen LogP contribution is -2.12. The third-order valence-corrected chi connectivity index (χ3v) is 2.95. The molecule has 0 saturated carbocycles. The first-order valence-corrected chi connectivity index (χ1v) is 6.44. The Balaban J connectivity index is 2.15. The Morgan fingerprint density at radius 3 is 2.43 bits per heavy atom. The molecule has 0 aliphatic rings. The van der Waals surface area contributed by atoms with Crippen molar-refractivity contribution in [2.45, 2.75) is 6.92 Å². The summed E-state index contributed by atoms with van der Waals surface area (Å²) in [5.74, 6) is -1.17. The number of carbonyl (C=O) groups is 2. The van der Waals surface area contributed by atoms with Crippen LogP contribution in [0.15, 0.2) is 54.6 Å². The summed E-state index contributed by atoms with van der Waals surface area (Å²) >= 11 is 0. The van der Waals surface area contributed by atoms with Crippen molar-refractivity contribution in [3.05, 3.63) is 71.3 Å². The maximum absolute atomic E-state index is 12.1. The molecule has 21 heavy (non-hydrogen) atoms. The zero-order valence-corrected chi connectivity index (χ0v) is 11.5. The highest BCUT2D eigenvalue weighted by Crippen LogP contribution is 2.18. The lowest BCUT2D eigenvalue weighted by molar-refractivity contribution is -0.131. The van der Waals surface area contributed by atoms with Gasteiger partial charge in [-0.3, -0.25) is 4.79 Å². The average molecular weight is 281 g/mol. The minimum absolute atomic E-state index is 0.174. The predicted molar refractivity (Wildman–Crippen MR) is 82.2 cm³/mol. The van der Waals surface area contributed by atoms with E-state index in [4.69, 9.17) is 5.11 Å². The maximum atomic E-state index is 12.1. The summed E-state index contributed by atoms with van der Waals surface area (Å²) < 4.78 is 0.